The Labute approximate surface area is 99.0 Å². The Morgan fingerprint density at radius 3 is 2.65 bits per heavy atom. The Morgan fingerprint density at radius 1 is 1.41 bits per heavy atom. The van der Waals surface area contributed by atoms with Gasteiger partial charge in [0, 0.05) is 12.0 Å². The highest BCUT2D eigenvalue weighted by Crippen LogP contribution is 2.43. The molecular formula is C13H15F2NO. The second-order valence-corrected chi connectivity index (χ2v) is 4.62. The normalized spacial score (nSPS) is 17.6. The average Bonchev–Trinajstić information content (AvgIpc) is 2.26. The van der Waals surface area contributed by atoms with E-state index >= 15 is 0 Å². The van der Waals surface area contributed by atoms with Gasteiger partial charge < -0.3 is 5.32 Å². The largest absolute Gasteiger partial charge is 0.319 e. The van der Waals surface area contributed by atoms with Crippen LogP contribution in [0, 0.1) is 17.0 Å². The van der Waals surface area contributed by atoms with Crippen molar-refractivity contribution in [2.75, 3.05) is 13.6 Å². The zero-order valence-corrected chi connectivity index (χ0v) is 9.72. The van der Waals surface area contributed by atoms with Gasteiger partial charge in [-0.3, -0.25) is 4.79 Å². The summed E-state index contributed by atoms with van der Waals surface area (Å²) < 4.78 is 26.6. The highest BCUT2D eigenvalue weighted by Gasteiger charge is 2.44. The Morgan fingerprint density at radius 2 is 2.12 bits per heavy atom. The van der Waals surface area contributed by atoms with Crippen molar-refractivity contribution in [2.45, 2.75) is 19.3 Å². The fourth-order valence-corrected chi connectivity index (χ4v) is 2.38. The molecule has 1 aliphatic carbocycles. The Hall–Kier alpha value is -1.29. The van der Waals surface area contributed by atoms with E-state index in [0.29, 0.717) is 6.54 Å². The van der Waals surface area contributed by atoms with Crippen LogP contribution in [0.1, 0.15) is 29.6 Å². The molecule has 1 saturated carbocycles. The van der Waals surface area contributed by atoms with Crippen molar-refractivity contribution < 1.29 is 13.6 Å². The van der Waals surface area contributed by atoms with Crippen LogP contribution in [0.3, 0.4) is 0 Å². The van der Waals surface area contributed by atoms with Crippen molar-refractivity contribution in [1.29, 1.82) is 0 Å². The minimum atomic E-state index is -0.640. The molecule has 0 bridgehead atoms. The van der Waals surface area contributed by atoms with Gasteiger partial charge in [-0.25, -0.2) is 8.78 Å². The van der Waals surface area contributed by atoms with Crippen LogP contribution in [0.5, 0.6) is 0 Å². The van der Waals surface area contributed by atoms with Crippen molar-refractivity contribution in [3.05, 3.63) is 35.4 Å². The van der Waals surface area contributed by atoms with Crippen LogP contribution in [0.25, 0.3) is 0 Å². The summed E-state index contributed by atoms with van der Waals surface area (Å²) >= 11 is 0. The minimum Gasteiger partial charge on any atom is -0.319 e. The van der Waals surface area contributed by atoms with Crippen molar-refractivity contribution in [2.24, 2.45) is 5.41 Å². The lowest BCUT2D eigenvalue weighted by atomic mass is 9.64. The van der Waals surface area contributed by atoms with Gasteiger partial charge in [-0.2, -0.15) is 0 Å². The van der Waals surface area contributed by atoms with Crippen molar-refractivity contribution in [3.63, 3.8) is 0 Å². The van der Waals surface area contributed by atoms with Gasteiger partial charge in [-0.1, -0.05) is 6.42 Å². The molecule has 0 unspecified atom stereocenters. The van der Waals surface area contributed by atoms with Crippen LogP contribution in [-0.2, 0) is 0 Å². The van der Waals surface area contributed by atoms with Gasteiger partial charge >= 0.3 is 0 Å². The van der Waals surface area contributed by atoms with Gasteiger partial charge in [0.1, 0.15) is 11.6 Å². The zero-order chi connectivity index (χ0) is 12.5. The lowest BCUT2D eigenvalue weighted by Gasteiger charge is -2.40. The third-order valence-electron chi connectivity index (χ3n) is 3.48. The van der Waals surface area contributed by atoms with Crippen LogP contribution in [0.15, 0.2) is 18.2 Å². The fraction of sp³-hybridized carbons (Fsp3) is 0.462. The number of benzene rings is 1. The number of hydrogen-bond acceptors (Lipinski definition) is 2. The van der Waals surface area contributed by atoms with E-state index in [1.54, 1.807) is 7.05 Å². The molecule has 1 fully saturated rings. The van der Waals surface area contributed by atoms with Gasteiger partial charge in [0.05, 0.1) is 5.56 Å². The summed E-state index contributed by atoms with van der Waals surface area (Å²) in [6.07, 6.45) is 2.44. The standard InChI is InChI=1S/C13H15F2NO/c1-16-8-13(5-2-6-13)12(17)10-7-9(14)3-4-11(10)15/h3-4,7,16H,2,5-6,8H2,1H3. The van der Waals surface area contributed by atoms with E-state index in [2.05, 4.69) is 5.32 Å². The molecule has 1 N–H and O–H groups in total. The summed E-state index contributed by atoms with van der Waals surface area (Å²) in [5.74, 6) is -1.50. The minimum absolute atomic E-state index is 0.125. The number of hydrogen-bond donors (Lipinski definition) is 1. The molecular weight excluding hydrogens is 224 g/mol. The summed E-state index contributed by atoms with van der Waals surface area (Å²) in [4.78, 5) is 12.3. The molecule has 1 aliphatic rings. The number of rotatable bonds is 4. The predicted octanol–water partition coefficient (Wildman–Crippen LogP) is 2.54. The Kier molecular flexibility index (Phi) is 3.24. The number of carbonyl (C=O) groups is 1. The predicted molar refractivity (Wildman–Crippen MR) is 60.9 cm³/mol. The number of carbonyl (C=O) groups excluding carboxylic acids is 1. The van der Waals surface area contributed by atoms with Gasteiger partial charge in [-0.05, 0) is 38.1 Å². The molecule has 0 aliphatic heterocycles. The van der Waals surface area contributed by atoms with Gasteiger partial charge in [0.2, 0.25) is 0 Å². The van der Waals surface area contributed by atoms with Crippen molar-refractivity contribution >= 4 is 5.78 Å². The average molecular weight is 239 g/mol. The molecule has 0 radical (unpaired) electrons. The van der Waals surface area contributed by atoms with E-state index in [1.807, 2.05) is 0 Å². The van der Waals surface area contributed by atoms with E-state index in [4.69, 9.17) is 0 Å². The van der Waals surface area contributed by atoms with Gasteiger partial charge in [0.25, 0.3) is 0 Å². The lowest BCUT2D eigenvalue weighted by Crippen LogP contribution is -2.45. The maximum absolute atomic E-state index is 13.5. The van der Waals surface area contributed by atoms with Crippen LogP contribution in [0.4, 0.5) is 8.78 Å². The molecule has 2 nitrogen and oxygen atoms in total. The number of Topliss-reactive ketones (excluding diaryl/α,β-unsaturated/α-hetero) is 1. The molecule has 0 aromatic heterocycles. The highest BCUT2D eigenvalue weighted by atomic mass is 19.1. The zero-order valence-electron chi connectivity index (χ0n) is 9.72. The first-order valence-corrected chi connectivity index (χ1v) is 5.73. The van der Waals surface area contributed by atoms with E-state index in [-0.39, 0.29) is 11.3 Å². The molecule has 92 valence electrons. The number of nitrogens with one attached hydrogen (secondary N) is 1. The summed E-state index contributed by atoms with van der Waals surface area (Å²) in [5, 5.41) is 2.96. The topological polar surface area (TPSA) is 29.1 Å². The molecule has 1 aromatic rings. The third-order valence-corrected chi connectivity index (χ3v) is 3.48. The molecule has 0 spiro atoms. The Bertz CT molecular complexity index is 441. The molecule has 0 atom stereocenters. The van der Waals surface area contributed by atoms with E-state index in [1.165, 1.54) is 0 Å². The first-order chi connectivity index (χ1) is 8.09. The molecule has 2 rings (SSSR count). The molecule has 4 heteroatoms. The smallest absolute Gasteiger partial charge is 0.173 e. The highest BCUT2D eigenvalue weighted by molar-refractivity contribution is 6.01. The van der Waals surface area contributed by atoms with Crippen molar-refractivity contribution in [1.82, 2.24) is 5.32 Å². The van der Waals surface area contributed by atoms with Gasteiger partial charge in [0.15, 0.2) is 5.78 Å². The lowest BCUT2D eigenvalue weighted by molar-refractivity contribution is 0.0609. The summed E-state index contributed by atoms with van der Waals surface area (Å²) in [6, 6.07) is 3.03. The van der Waals surface area contributed by atoms with E-state index in [9.17, 15) is 13.6 Å². The maximum atomic E-state index is 13.5. The molecule has 0 heterocycles. The summed E-state index contributed by atoms with van der Waals surface area (Å²) in [6.45, 7) is 0.516. The Balaban J connectivity index is 2.32. The first kappa shape index (κ1) is 12.2. The molecule has 0 saturated heterocycles. The molecule has 0 amide bonds. The van der Waals surface area contributed by atoms with Gasteiger partial charge in [-0.15, -0.1) is 0 Å². The molecule has 1 aromatic carbocycles. The number of halogens is 2. The van der Waals surface area contributed by atoms with E-state index in [0.717, 1.165) is 37.5 Å². The van der Waals surface area contributed by atoms with Crippen LogP contribution >= 0.6 is 0 Å². The SMILES string of the molecule is CNCC1(C(=O)c2cc(F)ccc2F)CCC1. The fourth-order valence-electron chi connectivity index (χ4n) is 2.38. The second-order valence-electron chi connectivity index (χ2n) is 4.62. The summed E-state index contributed by atoms with van der Waals surface area (Å²) in [7, 11) is 1.76. The monoisotopic (exact) mass is 239 g/mol. The number of ketones is 1. The second kappa shape index (κ2) is 4.53. The third kappa shape index (κ3) is 2.09. The first-order valence-electron chi connectivity index (χ1n) is 5.73. The maximum Gasteiger partial charge on any atom is 0.173 e. The van der Waals surface area contributed by atoms with Crippen LogP contribution < -0.4 is 5.32 Å². The van der Waals surface area contributed by atoms with Crippen LogP contribution in [0.2, 0.25) is 0 Å². The summed E-state index contributed by atoms with van der Waals surface area (Å²) in [5.41, 5.74) is -0.663. The van der Waals surface area contributed by atoms with Crippen molar-refractivity contribution in [3.8, 4) is 0 Å². The molecule has 17 heavy (non-hydrogen) atoms. The van der Waals surface area contributed by atoms with E-state index < -0.39 is 17.0 Å². The van der Waals surface area contributed by atoms with Crippen LogP contribution in [-0.4, -0.2) is 19.4 Å². The quantitative estimate of drug-likeness (QED) is 0.818.